The van der Waals surface area contributed by atoms with Gasteiger partial charge in [-0.15, -0.1) is 22.7 Å². The van der Waals surface area contributed by atoms with E-state index >= 15 is 0 Å². The van der Waals surface area contributed by atoms with Crippen LogP contribution in [0, 0.1) is 0 Å². The van der Waals surface area contributed by atoms with Crippen molar-refractivity contribution in [2.45, 2.75) is 0 Å². The molecule has 0 bridgehead atoms. The van der Waals surface area contributed by atoms with E-state index in [9.17, 15) is 0 Å². The third-order valence-electron chi connectivity index (χ3n) is 10.9. The monoisotopic (exact) mass is 708 g/mol. The minimum Gasteiger partial charge on any atom is -0.291 e. The van der Waals surface area contributed by atoms with E-state index in [2.05, 4.69) is 174 Å². The number of aromatic nitrogens is 2. The van der Waals surface area contributed by atoms with Gasteiger partial charge in [0.25, 0.3) is 0 Å². The van der Waals surface area contributed by atoms with Crippen molar-refractivity contribution in [3.05, 3.63) is 170 Å². The van der Waals surface area contributed by atoms with Crippen molar-refractivity contribution >= 4 is 101 Å². The molecule has 0 atom stereocenters. The van der Waals surface area contributed by atoms with Crippen LogP contribution < -0.4 is 0 Å². The molecule has 2 nitrogen and oxygen atoms in total. The Morgan fingerprint density at radius 1 is 0.377 bits per heavy atom. The van der Waals surface area contributed by atoms with Crippen LogP contribution in [0.25, 0.3) is 112 Å². The fourth-order valence-corrected chi connectivity index (χ4v) is 10.5. The molecule has 4 heteroatoms. The number of imidazole rings is 1. The van der Waals surface area contributed by atoms with Crippen molar-refractivity contribution < 1.29 is 0 Å². The molecule has 0 unspecified atom stereocenters. The number of hydrogen-bond acceptors (Lipinski definition) is 3. The number of nitrogens with zero attached hydrogens (tertiary/aromatic N) is 2. The molecule has 0 N–H and O–H groups in total. The highest BCUT2D eigenvalue weighted by atomic mass is 32.1. The van der Waals surface area contributed by atoms with Gasteiger partial charge in [0.15, 0.2) is 5.65 Å². The van der Waals surface area contributed by atoms with E-state index in [1.165, 1.54) is 89.7 Å². The Bertz CT molecular complexity index is 3440. The van der Waals surface area contributed by atoms with Gasteiger partial charge in [0.1, 0.15) is 0 Å². The van der Waals surface area contributed by atoms with E-state index < -0.39 is 0 Å². The molecule has 0 amide bonds. The zero-order valence-electron chi connectivity index (χ0n) is 28.4. The van der Waals surface area contributed by atoms with Gasteiger partial charge in [0.05, 0.1) is 21.4 Å². The van der Waals surface area contributed by atoms with Gasteiger partial charge >= 0.3 is 0 Å². The molecule has 0 spiro atoms. The van der Waals surface area contributed by atoms with Gasteiger partial charge in [-0.05, 0) is 104 Å². The van der Waals surface area contributed by atoms with Crippen LogP contribution in [0.5, 0.6) is 0 Å². The molecular formula is C49H28N2S2. The highest BCUT2D eigenvalue weighted by molar-refractivity contribution is 7.26. The van der Waals surface area contributed by atoms with Gasteiger partial charge in [-0.2, -0.15) is 0 Å². The summed E-state index contributed by atoms with van der Waals surface area (Å²) < 4.78 is 7.57. The van der Waals surface area contributed by atoms with Crippen molar-refractivity contribution in [3.8, 4) is 33.5 Å². The molecule has 53 heavy (non-hydrogen) atoms. The molecule has 0 aliphatic rings. The van der Waals surface area contributed by atoms with Gasteiger partial charge in [-0.3, -0.25) is 4.40 Å². The van der Waals surface area contributed by atoms with Gasteiger partial charge in [0.2, 0.25) is 0 Å². The average molecular weight is 709 g/mol. The summed E-state index contributed by atoms with van der Waals surface area (Å²) in [5.74, 6) is 0. The summed E-state index contributed by atoms with van der Waals surface area (Å²) >= 11 is 3.70. The lowest BCUT2D eigenvalue weighted by atomic mass is 9.98. The summed E-state index contributed by atoms with van der Waals surface area (Å²) in [7, 11) is 0. The Morgan fingerprint density at radius 3 is 1.64 bits per heavy atom. The number of fused-ring (bicyclic) bond motifs is 12. The quantitative estimate of drug-likeness (QED) is 0.167. The highest BCUT2D eigenvalue weighted by Crippen LogP contribution is 2.42. The highest BCUT2D eigenvalue weighted by Gasteiger charge is 2.18. The zero-order chi connectivity index (χ0) is 34.6. The second kappa shape index (κ2) is 11.1. The van der Waals surface area contributed by atoms with Crippen molar-refractivity contribution in [1.82, 2.24) is 9.38 Å². The summed E-state index contributed by atoms with van der Waals surface area (Å²) in [6, 6.07) is 62.5. The fraction of sp³-hybridized carbons (Fsp3) is 0. The number of thiophene rings is 2. The summed E-state index contributed by atoms with van der Waals surface area (Å²) in [5, 5.41) is 10.1. The number of pyridine rings is 1. The summed E-state index contributed by atoms with van der Waals surface area (Å²) in [5.41, 5.74) is 10.4. The third-order valence-corrected chi connectivity index (χ3v) is 13.3. The largest absolute Gasteiger partial charge is 0.291 e. The molecule has 0 fully saturated rings. The van der Waals surface area contributed by atoms with Crippen molar-refractivity contribution in [1.29, 1.82) is 0 Å². The molecule has 0 saturated heterocycles. The second-order valence-corrected chi connectivity index (χ2v) is 16.1. The van der Waals surface area contributed by atoms with Crippen LogP contribution >= 0.6 is 22.7 Å². The SMILES string of the molecule is c1ccc2cc3cc4c(cc3cc2c1)nc1c2sc3ccccc3c2cc(-c2ccc(-c3ccc(-c5ccc6sc7ccccc7c6c5)cc3)cc2)n41. The molecular weight excluding hydrogens is 681 g/mol. The second-order valence-electron chi connectivity index (χ2n) is 14.0. The predicted molar refractivity (Wildman–Crippen MR) is 230 cm³/mol. The first kappa shape index (κ1) is 29.3. The maximum absolute atomic E-state index is 5.36. The van der Waals surface area contributed by atoms with E-state index in [-0.39, 0.29) is 0 Å². The van der Waals surface area contributed by atoms with Crippen molar-refractivity contribution in [2.75, 3.05) is 0 Å². The Morgan fingerprint density at radius 2 is 0.925 bits per heavy atom. The predicted octanol–water partition coefficient (Wildman–Crippen LogP) is 14.5. The number of hydrogen-bond donors (Lipinski definition) is 0. The van der Waals surface area contributed by atoms with Crippen LogP contribution in [0.4, 0.5) is 0 Å². The van der Waals surface area contributed by atoms with Gasteiger partial charge in [-0.1, -0.05) is 115 Å². The standard InChI is InChI=1S/C49H28N2S2/c1-2-8-34-24-37-27-44-42(26-36(37)23-33(34)7-1)50-49-48-41(39-10-4-6-12-46(39)53-48)28-43(51(44)49)32-19-17-30(18-20-32)29-13-15-31(16-14-29)35-21-22-47-40(25-35)38-9-3-5-11-45(38)52-47/h1-28H. The lowest BCUT2D eigenvalue weighted by molar-refractivity contribution is 1.25. The first-order chi connectivity index (χ1) is 26.2. The first-order valence-electron chi connectivity index (χ1n) is 17.9. The van der Waals surface area contributed by atoms with Crippen LogP contribution in [-0.4, -0.2) is 9.38 Å². The first-order valence-corrected chi connectivity index (χ1v) is 19.6. The van der Waals surface area contributed by atoms with Crippen molar-refractivity contribution in [2.24, 2.45) is 0 Å². The molecule has 246 valence electrons. The van der Waals surface area contributed by atoms with E-state index in [1.807, 2.05) is 22.7 Å². The van der Waals surface area contributed by atoms with E-state index in [4.69, 9.17) is 4.98 Å². The lowest BCUT2D eigenvalue weighted by Gasteiger charge is -2.11. The topological polar surface area (TPSA) is 17.3 Å². The van der Waals surface area contributed by atoms with Crippen LogP contribution in [0.1, 0.15) is 0 Å². The lowest BCUT2D eigenvalue weighted by Crippen LogP contribution is -1.93. The number of rotatable bonds is 3. The van der Waals surface area contributed by atoms with Gasteiger partial charge < -0.3 is 0 Å². The normalized spacial score (nSPS) is 12.2. The van der Waals surface area contributed by atoms with E-state index in [0.717, 1.165) is 22.4 Å². The van der Waals surface area contributed by atoms with Crippen LogP contribution in [0.15, 0.2) is 170 Å². The Hall–Kier alpha value is -6.33. The molecule has 0 saturated carbocycles. The van der Waals surface area contributed by atoms with Crippen LogP contribution in [0.2, 0.25) is 0 Å². The maximum atomic E-state index is 5.36. The zero-order valence-corrected chi connectivity index (χ0v) is 30.0. The molecule has 0 aliphatic heterocycles. The molecule has 4 heterocycles. The van der Waals surface area contributed by atoms with Crippen LogP contribution in [0.3, 0.4) is 0 Å². The Kier molecular flexibility index (Phi) is 6.12. The van der Waals surface area contributed by atoms with Crippen LogP contribution in [-0.2, 0) is 0 Å². The Balaban J connectivity index is 0.984. The summed E-state index contributed by atoms with van der Waals surface area (Å²) in [4.78, 5) is 5.36. The molecule has 0 aliphatic carbocycles. The van der Waals surface area contributed by atoms with Gasteiger partial charge in [-0.25, -0.2) is 4.98 Å². The maximum Gasteiger partial charge on any atom is 0.156 e. The van der Waals surface area contributed by atoms with E-state index in [0.29, 0.717) is 0 Å². The summed E-state index contributed by atoms with van der Waals surface area (Å²) in [6.07, 6.45) is 0. The molecule has 8 aromatic carbocycles. The van der Waals surface area contributed by atoms with Crippen molar-refractivity contribution in [3.63, 3.8) is 0 Å². The minimum absolute atomic E-state index is 1.02. The molecule has 0 radical (unpaired) electrons. The number of benzene rings is 8. The molecule has 12 aromatic rings. The third kappa shape index (κ3) is 4.46. The fourth-order valence-electron chi connectivity index (χ4n) is 8.29. The smallest absolute Gasteiger partial charge is 0.156 e. The average Bonchev–Trinajstić information content (AvgIpc) is 3.90. The Labute approximate surface area is 312 Å². The minimum atomic E-state index is 1.02. The molecule has 12 rings (SSSR count). The van der Waals surface area contributed by atoms with E-state index in [1.54, 1.807) is 0 Å². The van der Waals surface area contributed by atoms with Gasteiger partial charge in [0, 0.05) is 35.6 Å². The molecule has 4 aromatic heterocycles. The summed E-state index contributed by atoms with van der Waals surface area (Å²) in [6.45, 7) is 0.